The molecule has 2 saturated heterocycles. The molecule has 5 rings (SSSR count). The molecule has 3 amide bonds. The number of ether oxygens (including phenoxy) is 1. The molecule has 3 N–H and O–H groups in total. The third-order valence-corrected chi connectivity index (χ3v) is 6.88. The van der Waals surface area contributed by atoms with E-state index < -0.39 is 0 Å². The molecule has 168 valence electrons. The first-order valence-corrected chi connectivity index (χ1v) is 11.5. The van der Waals surface area contributed by atoms with Crippen LogP contribution >= 0.6 is 0 Å². The fourth-order valence-corrected chi connectivity index (χ4v) is 5.02. The molecular formula is C25H30N4O3. The second-order valence-corrected chi connectivity index (χ2v) is 9.16. The number of piperidine rings is 1. The Morgan fingerprint density at radius 3 is 2.41 bits per heavy atom. The van der Waals surface area contributed by atoms with Crippen molar-refractivity contribution in [1.82, 2.24) is 15.5 Å². The Morgan fingerprint density at radius 1 is 1.03 bits per heavy atom. The van der Waals surface area contributed by atoms with Crippen LogP contribution in [0.5, 0.6) is 0 Å². The molecule has 0 aromatic heterocycles. The first-order valence-electron chi connectivity index (χ1n) is 11.5. The predicted octanol–water partition coefficient (Wildman–Crippen LogP) is 3.12. The minimum atomic E-state index is -0.133. The highest BCUT2D eigenvalue weighted by Gasteiger charge is 2.41. The van der Waals surface area contributed by atoms with E-state index in [0.717, 1.165) is 32.4 Å². The van der Waals surface area contributed by atoms with Crippen LogP contribution in [0.2, 0.25) is 0 Å². The standard InChI is InChI=1S/C25H30N4O3/c30-23(27-14-18-13-25(32-17-18)9-11-26-12-10-25)19-5-7-22(8-6-19)28-24(31)29-15-20-3-1-2-4-21(20)16-29/h1-8,18,26H,9-17H2,(H,27,30)(H,28,31). The molecular weight excluding hydrogens is 404 g/mol. The van der Waals surface area contributed by atoms with Gasteiger partial charge in [-0.1, -0.05) is 24.3 Å². The van der Waals surface area contributed by atoms with E-state index in [0.29, 0.717) is 43.4 Å². The molecule has 0 aliphatic carbocycles. The lowest BCUT2D eigenvalue weighted by atomic mass is 9.86. The fourth-order valence-electron chi connectivity index (χ4n) is 5.02. The lowest BCUT2D eigenvalue weighted by Gasteiger charge is -2.33. The van der Waals surface area contributed by atoms with Crippen LogP contribution < -0.4 is 16.0 Å². The highest BCUT2D eigenvalue weighted by Crippen LogP contribution is 2.36. The van der Waals surface area contributed by atoms with Crippen molar-refractivity contribution in [3.05, 3.63) is 65.2 Å². The third-order valence-electron chi connectivity index (χ3n) is 6.88. The fraction of sp³-hybridized carbons (Fsp3) is 0.440. The Kier molecular flexibility index (Phi) is 5.85. The van der Waals surface area contributed by atoms with Gasteiger partial charge in [-0.15, -0.1) is 0 Å². The molecule has 2 fully saturated rings. The van der Waals surface area contributed by atoms with Gasteiger partial charge in [-0.05, 0) is 67.7 Å². The van der Waals surface area contributed by atoms with Crippen molar-refractivity contribution in [3.8, 4) is 0 Å². The largest absolute Gasteiger partial charge is 0.375 e. The van der Waals surface area contributed by atoms with E-state index >= 15 is 0 Å². The van der Waals surface area contributed by atoms with Crippen LogP contribution in [-0.4, -0.2) is 48.7 Å². The number of benzene rings is 2. The molecule has 3 aliphatic rings. The minimum absolute atomic E-state index is 0.0111. The lowest BCUT2D eigenvalue weighted by molar-refractivity contribution is -0.0196. The summed E-state index contributed by atoms with van der Waals surface area (Å²) < 4.78 is 6.11. The molecule has 0 radical (unpaired) electrons. The molecule has 2 aromatic carbocycles. The summed E-state index contributed by atoms with van der Waals surface area (Å²) in [7, 11) is 0. The normalized spacial score (nSPS) is 21.4. The maximum atomic E-state index is 12.6. The molecule has 7 heteroatoms. The minimum Gasteiger partial charge on any atom is -0.375 e. The average molecular weight is 435 g/mol. The number of rotatable bonds is 4. The summed E-state index contributed by atoms with van der Waals surface area (Å²) in [6.07, 6.45) is 3.11. The van der Waals surface area contributed by atoms with Crippen molar-refractivity contribution in [2.45, 2.75) is 38.0 Å². The maximum Gasteiger partial charge on any atom is 0.322 e. The SMILES string of the molecule is O=C(NCC1COC2(CCNCC2)C1)c1ccc(NC(=O)N2Cc3ccccc3C2)cc1. The van der Waals surface area contributed by atoms with E-state index in [4.69, 9.17) is 4.74 Å². The van der Waals surface area contributed by atoms with Crippen LogP contribution in [-0.2, 0) is 17.8 Å². The number of anilines is 1. The quantitative estimate of drug-likeness (QED) is 0.691. The summed E-state index contributed by atoms with van der Waals surface area (Å²) in [5, 5.41) is 9.36. The number of amides is 3. The number of nitrogens with zero attached hydrogens (tertiary/aromatic N) is 1. The molecule has 1 atom stereocenters. The number of hydrogen-bond donors (Lipinski definition) is 3. The van der Waals surface area contributed by atoms with Gasteiger partial charge in [-0.2, -0.15) is 0 Å². The number of nitrogens with one attached hydrogen (secondary N) is 3. The van der Waals surface area contributed by atoms with Gasteiger partial charge in [0, 0.05) is 36.8 Å². The van der Waals surface area contributed by atoms with Gasteiger partial charge in [0.25, 0.3) is 5.91 Å². The van der Waals surface area contributed by atoms with E-state index in [-0.39, 0.29) is 17.5 Å². The molecule has 3 heterocycles. The Hall–Kier alpha value is -2.90. The second kappa shape index (κ2) is 8.92. The Morgan fingerprint density at radius 2 is 1.72 bits per heavy atom. The number of urea groups is 1. The summed E-state index contributed by atoms with van der Waals surface area (Å²) in [5.41, 5.74) is 3.66. The van der Waals surface area contributed by atoms with E-state index in [9.17, 15) is 9.59 Å². The third kappa shape index (κ3) is 4.49. The van der Waals surface area contributed by atoms with Gasteiger partial charge in [-0.3, -0.25) is 4.79 Å². The topological polar surface area (TPSA) is 82.7 Å². The van der Waals surface area contributed by atoms with Crippen molar-refractivity contribution >= 4 is 17.6 Å². The zero-order valence-corrected chi connectivity index (χ0v) is 18.2. The Labute approximate surface area is 188 Å². The Balaban J connectivity index is 1.10. The van der Waals surface area contributed by atoms with Crippen molar-refractivity contribution in [3.63, 3.8) is 0 Å². The average Bonchev–Trinajstić information content (AvgIpc) is 3.43. The van der Waals surface area contributed by atoms with Crippen molar-refractivity contribution in [2.24, 2.45) is 5.92 Å². The molecule has 0 bridgehead atoms. The van der Waals surface area contributed by atoms with Crippen LogP contribution in [0, 0.1) is 5.92 Å². The molecule has 1 unspecified atom stereocenters. The van der Waals surface area contributed by atoms with E-state index in [2.05, 4.69) is 28.1 Å². The maximum absolute atomic E-state index is 12.6. The number of carbonyl (C=O) groups excluding carboxylic acids is 2. The first-order chi connectivity index (χ1) is 15.6. The summed E-state index contributed by atoms with van der Waals surface area (Å²) in [6, 6.07) is 15.0. The highest BCUT2D eigenvalue weighted by atomic mass is 16.5. The zero-order valence-electron chi connectivity index (χ0n) is 18.2. The van der Waals surface area contributed by atoms with E-state index in [1.165, 1.54) is 11.1 Å². The van der Waals surface area contributed by atoms with E-state index in [1.807, 2.05) is 12.1 Å². The molecule has 3 aliphatic heterocycles. The summed E-state index contributed by atoms with van der Waals surface area (Å²) >= 11 is 0. The van der Waals surface area contributed by atoms with Crippen molar-refractivity contribution < 1.29 is 14.3 Å². The monoisotopic (exact) mass is 434 g/mol. The second-order valence-electron chi connectivity index (χ2n) is 9.16. The van der Waals surface area contributed by atoms with Crippen molar-refractivity contribution in [2.75, 3.05) is 31.6 Å². The molecule has 7 nitrogen and oxygen atoms in total. The molecule has 2 aromatic rings. The van der Waals surface area contributed by atoms with Crippen LogP contribution in [0.4, 0.5) is 10.5 Å². The van der Waals surface area contributed by atoms with Gasteiger partial charge in [0.05, 0.1) is 12.2 Å². The summed E-state index contributed by atoms with van der Waals surface area (Å²) in [4.78, 5) is 27.0. The van der Waals surface area contributed by atoms with Gasteiger partial charge in [0.1, 0.15) is 0 Å². The van der Waals surface area contributed by atoms with Crippen molar-refractivity contribution in [1.29, 1.82) is 0 Å². The van der Waals surface area contributed by atoms with Crippen LogP contribution in [0.15, 0.2) is 48.5 Å². The van der Waals surface area contributed by atoms with E-state index in [1.54, 1.807) is 29.2 Å². The number of carbonyl (C=O) groups is 2. The number of fused-ring (bicyclic) bond motifs is 1. The van der Waals surface area contributed by atoms with Gasteiger partial charge in [-0.25, -0.2) is 4.79 Å². The Bertz CT molecular complexity index is 960. The molecule has 0 saturated carbocycles. The van der Waals surface area contributed by atoms with Gasteiger partial charge in [0.15, 0.2) is 0 Å². The smallest absolute Gasteiger partial charge is 0.322 e. The van der Waals surface area contributed by atoms with Crippen LogP contribution in [0.3, 0.4) is 0 Å². The summed E-state index contributed by atoms with van der Waals surface area (Å²) in [5.74, 6) is 0.268. The van der Waals surface area contributed by atoms with Gasteiger partial charge < -0.3 is 25.6 Å². The molecule has 32 heavy (non-hydrogen) atoms. The van der Waals surface area contributed by atoms with Gasteiger partial charge >= 0.3 is 6.03 Å². The van der Waals surface area contributed by atoms with Crippen LogP contribution in [0.1, 0.15) is 40.7 Å². The van der Waals surface area contributed by atoms with Crippen LogP contribution in [0.25, 0.3) is 0 Å². The summed E-state index contributed by atoms with van der Waals surface area (Å²) in [6.45, 7) is 4.59. The predicted molar refractivity (Wildman–Crippen MR) is 122 cm³/mol. The first kappa shape index (κ1) is 21.0. The number of hydrogen-bond acceptors (Lipinski definition) is 4. The van der Waals surface area contributed by atoms with Gasteiger partial charge in [0.2, 0.25) is 0 Å². The highest BCUT2D eigenvalue weighted by molar-refractivity contribution is 5.95. The lowest BCUT2D eigenvalue weighted by Crippen LogP contribution is -2.41. The molecule has 1 spiro atoms. The zero-order chi connectivity index (χ0) is 22.0.